The Kier molecular flexibility index (Phi) is 4.29. The van der Waals surface area contributed by atoms with Crippen molar-refractivity contribution in [2.75, 3.05) is 12.4 Å². The number of anilines is 1. The Labute approximate surface area is 104 Å². The summed E-state index contributed by atoms with van der Waals surface area (Å²) in [6.07, 6.45) is 6.96. The van der Waals surface area contributed by atoms with Crippen LogP contribution in [-0.4, -0.2) is 13.2 Å². The van der Waals surface area contributed by atoms with Crippen LogP contribution in [0.25, 0.3) is 0 Å². The topological polar surface area (TPSA) is 21.3 Å². The number of methoxy groups -OCH3 is 1. The van der Waals surface area contributed by atoms with Crippen LogP contribution >= 0.6 is 0 Å². The highest BCUT2D eigenvalue weighted by atomic mass is 16.5. The zero-order valence-corrected chi connectivity index (χ0v) is 10.9. The molecule has 1 aliphatic carbocycles. The molecule has 2 heteroatoms. The maximum Gasteiger partial charge on any atom is 0.120 e. The minimum absolute atomic E-state index is 0.558. The molecule has 0 aromatic heterocycles. The number of nitrogens with one attached hydrogen (secondary N) is 1. The van der Waals surface area contributed by atoms with E-state index < -0.39 is 0 Å². The van der Waals surface area contributed by atoms with E-state index in [1.165, 1.54) is 37.8 Å². The molecule has 0 aliphatic heterocycles. The molecule has 0 amide bonds. The van der Waals surface area contributed by atoms with Gasteiger partial charge in [0.15, 0.2) is 0 Å². The molecule has 2 rings (SSSR count). The van der Waals surface area contributed by atoms with E-state index in [2.05, 4.69) is 24.4 Å². The predicted octanol–water partition coefficient (Wildman–Crippen LogP) is 4.08. The first kappa shape index (κ1) is 12.3. The van der Waals surface area contributed by atoms with E-state index in [9.17, 15) is 0 Å². The molecule has 1 saturated carbocycles. The Morgan fingerprint density at radius 2 is 2.00 bits per heavy atom. The molecule has 1 aromatic carbocycles. The van der Waals surface area contributed by atoms with Gasteiger partial charge in [0.05, 0.1) is 7.11 Å². The van der Waals surface area contributed by atoms with Gasteiger partial charge in [-0.05, 0) is 37.8 Å². The number of hydrogen-bond donors (Lipinski definition) is 1. The lowest BCUT2D eigenvalue weighted by molar-refractivity contribution is 0.328. The van der Waals surface area contributed by atoms with E-state index in [4.69, 9.17) is 4.74 Å². The van der Waals surface area contributed by atoms with Crippen molar-refractivity contribution < 1.29 is 4.74 Å². The van der Waals surface area contributed by atoms with Gasteiger partial charge in [0.1, 0.15) is 5.75 Å². The second-order valence-corrected chi connectivity index (χ2v) is 5.06. The standard InChI is InChI=1S/C15H23NO/c1-12(13-7-4-3-5-8-13)16-14-9-6-10-15(11-14)17-2/h6,9-13,16H,3-5,7-8H2,1-2H3/t12-/m0/s1. The fraction of sp³-hybridized carbons (Fsp3) is 0.600. The van der Waals surface area contributed by atoms with Crippen molar-refractivity contribution >= 4 is 5.69 Å². The molecule has 0 bridgehead atoms. The summed E-state index contributed by atoms with van der Waals surface area (Å²) in [5, 5.41) is 3.61. The normalized spacial score (nSPS) is 18.7. The minimum atomic E-state index is 0.558. The molecule has 94 valence electrons. The minimum Gasteiger partial charge on any atom is -0.497 e. The zero-order chi connectivity index (χ0) is 12.1. The van der Waals surface area contributed by atoms with Crippen LogP contribution in [-0.2, 0) is 0 Å². The molecule has 0 heterocycles. The lowest BCUT2D eigenvalue weighted by Gasteiger charge is -2.29. The van der Waals surface area contributed by atoms with Crippen LogP contribution in [0.4, 0.5) is 5.69 Å². The summed E-state index contributed by atoms with van der Waals surface area (Å²) in [5.41, 5.74) is 1.17. The molecule has 2 nitrogen and oxygen atoms in total. The summed E-state index contributed by atoms with van der Waals surface area (Å²) in [6, 6.07) is 8.76. The van der Waals surface area contributed by atoms with Gasteiger partial charge in [-0.1, -0.05) is 25.3 Å². The van der Waals surface area contributed by atoms with Crippen LogP contribution in [0.2, 0.25) is 0 Å². The first-order valence-corrected chi connectivity index (χ1v) is 6.70. The summed E-state index contributed by atoms with van der Waals surface area (Å²) in [5.74, 6) is 1.75. The SMILES string of the molecule is COc1cccc(N[C@@H](C)C2CCCCC2)c1. The first-order chi connectivity index (χ1) is 8.29. The van der Waals surface area contributed by atoms with Crippen molar-refractivity contribution in [1.29, 1.82) is 0 Å². The maximum atomic E-state index is 5.24. The third-order valence-electron chi connectivity index (χ3n) is 3.82. The van der Waals surface area contributed by atoms with Crippen molar-refractivity contribution in [2.24, 2.45) is 5.92 Å². The van der Waals surface area contributed by atoms with Gasteiger partial charge in [-0.25, -0.2) is 0 Å². The molecule has 1 aromatic rings. The Morgan fingerprint density at radius 3 is 2.71 bits per heavy atom. The smallest absolute Gasteiger partial charge is 0.120 e. The van der Waals surface area contributed by atoms with Crippen LogP contribution < -0.4 is 10.1 Å². The number of hydrogen-bond acceptors (Lipinski definition) is 2. The van der Waals surface area contributed by atoms with Crippen molar-refractivity contribution in [3.63, 3.8) is 0 Å². The monoisotopic (exact) mass is 233 g/mol. The number of rotatable bonds is 4. The van der Waals surface area contributed by atoms with Crippen LogP contribution in [0, 0.1) is 5.92 Å². The highest BCUT2D eigenvalue weighted by molar-refractivity contribution is 5.48. The van der Waals surface area contributed by atoms with Gasteiger partial charge < -0.3 is 10.1 Å². The molecular weight excluding hydrogens is 210 g/mol. The van der Waals surface area contributed by atoms with Crippen LogP contribution in [0.5, 0.6) is 5.75 Å². The maximum absolute atomic E-state index is 5.24. The van der Waals surface area contributed by atoms with E-state index in [-0.39, 0.29) is 0 Å². The summed E-state index contributed by atoms with van der Waals surface area (Å²) in [6.45, 7) is 2.30. The van der Waals surface area contributed by atoms with Gasteiger partial charge >= 0.3 is 0 Å². The lowest BCUT2D eigenvalue weighted by atomic mass is 9.84. The molecule has 0 spiro atoms. The van der Waals surface area contributed by atoms with Gasteiger partial charge in [-0.15, -0.1) is 0 Å². The number of ether oxygens (including phenoxy) is 1. The van der Waals surface area contributed by atoms with Crippen molar-refractivity contribution in [3.8, 4) is 5.75 Å². The van der Waals surface area contributed by atoms with Crippen molar-refractivity contribution in [1.82, 2.24) is 0 Å². The third kappa shape index (κ3) is 3.39. The largest absolute Gasteiger partial charge is 0.497 e. The molecule has 1 fully saturated rings. The second kappa shape index (κ2) is 5.95. The van der Waals surface area contributed by atoms with E-state index >= 15 is 0 Å². The molecule has 1 atom stereocenters. The molecule has 0 saturated heterocycles. The van der Waals surface area contributed by atoms with Crippen LogP contribution in [0.15, 0.2) is 24.3 Å². The molecule has 17 heavy (non-hydrogen) atoms. The van der Waals surface area contributed by atoms with Crippen LogP contribution in [0.1, 0.15) is 39.0 Å². The van der Waals surface area contributed by atoms with Crippen LogP contribution in [0.3, 0.4) is 0 Å². The number of benzene rings is 1. The van der Waals surface area contributed by atoms with Crippen molar-refractivity contribution in [2.45, 2.75) is 45.1 Å². The highest BCUT2D eigenvalue weighted by Crippen LogP contribution is 2.28. The van der Waals surface area contributed by atoms with E-state index in [0.29, 0.717) is 6.04 Å². The lowest BCUT2D eigenvalue weighted by Crippen LogP contribution is -2.27. The molecule has 0 unspecified atom stereocenters. The third-order valence-corrected chi connectivity index (χ3v) is 3.82. The Hall–Kier alpha value is -1.18. The zero-order valence-electron chi connectivity index (χ0n) is 10.9. The molecular formula is C15H23NO. The summed E-state index contributed by atoms with van der Waals surface area (Å²) < 4.78 is 5.24. The summed E-state index contributed by atoms with van der Waals surface area (Å²) in [4.78, 5) is 0. The Balaban J connectivity index is 1.94. The first-order valence-electron chi connectivity index (χ1n) is 6.70. The van der Waals surface area contributed by atoms with E-state index in [0.717, 1.165) is 11.7 Å². The summed E-state index contributed by atoms with van der Waals surface area (Å²) in [7, 11) is 1.71. The average Bonchev–Trinajstić information content (AvgIpc) is 2.40. The van der Waals surface area contributed by atoms with E-state index in [1.54, 1.807) is 7.11 Å². The molecule has 1 aliphatic rings. The quantitative estimate of drug-likeness (QED) is 0.846. The Bertz CT molecular complexity index is 345. The molecule has 0 radical (unpaired) electrons. The van der Waals surface area contributed by atoms with Gasteiger partial charge in [0.25, 0.3) is 0 Å². The van der Waals surface area contributed by atoms with Gasteiger partial charge in [-0.2, -0.15) is 0 Å². The predicted molar refractivity (Wildman–Crippen MR) is 72.7 cm³/mol. The van der Waals surface area contributed by atoms with Crippen molar-refractivity contribution in [3.05, 3.63) is 24.3 Å². The van der Waals surface area contributed by atoms with E-state index in [1.807, 2.05) is 12.1 Å². The fourth-order valence-electron chi connectivity index (χ4n) is 2.73. The van der Waals surface area contributed by atoms with Gasteiger partial charge in [-0.3, -0.25) is 0 Å². The fourth-order valence-corrected chi connectivity index (χ4v) is 2.73. The van der Waals surface area contributed by atoms with Gasteiger partial charge in [0, 0.05) is 17.8 Å². The highest BCUT2D eigenvalue weighted by Gasteiger charge is 2.19. The summed E-state index contributed by atoms with van der Waals surface area (Å²) >= 11 is 0. The Morgan fingerprint density at radius 1 is 1.24 bits per heavy atom. The average molecular weight is 233 g/mol. The second-order valence-electron chi connectivity index (χ2n) is 5.06. The molecule has 1 N–H and O–H groups in total. The van der Waals surface area contributed by atoms with Gasteiger partial charge in [0.2, 0.25) is 0 Å².